The Balaban J connectivity index is 2.94. The minimum atomic E-state index is -2.20. The second-order valence-corrected chi connectivity index (χ2v) is 3.98. The molecule has 0 bridgehead atoms. The maximum atomic E-state index is 10.6. The van der Waals surface area contributed by atoms with E-state index in [1.54, 1.807) is 0 Å². The smallest absolute Gasteiger partial charge is 0.269 e. The fourth-order valence-electron chi connectivity index (χ4n) is 0.978. The number of nitrogens with zero attached hydrogens (tertiary/aromatic N) is 1. The summed E-state index contributed by atoms with van der Waals surface area (Å²) in [6.07, 6.45) is 0. The van der Waals surface area contributed by atoms with Crippen LogP contribution in [0.4, 0.5) is 5.69 Å². The number of nitro groups is 1. The molecule has 0 spiro atoms. The van der Waals surface area contributed by atoms with E-state index in [-0.39, 0.29) is 5.69 Å². The molecular formula is C8H8NO4S-. The monoisotopic (exact) mass is 214 g/mol. The topological polar surface area (TPSA) is 83.3 Å². The molecule has 1 aromatic rings. The maximum Gasteiger partial charge on any atom is 0.269 e. The van der Waals surface area contributed by atoms with Crippen molar-refractivity contribution in [2.45, 2.75) is 12.2 Å². The molecular weight excluding hydrogens is 206 g/mol. The summed E-state index contributed by atoms with van der Waals surface area (Å²) in [6, 6.07) is 5.47. The lowest BCUT2D eigenvalue weighted by atomic mass is 10.1. The number of nitro benzene ring substituents is 1. The normalized spacial score (nSPS) is 14.7. The van der Waals surface area contributed by atoms with Crippen LogP contribution in [0.15, 0.2) is 24.3 Å². The van der Waals surface area contributed by atoms with Gasteiger partial charge in [-0.05, 0) is 23.6 Å². The zero-order valence-corrected chi connectivity index (χ0v) is 8.19. The van der Waals surface area contributed by atoms with E-state index in [1.807, 2.05) is 0 Å². The Morgan fingerprint density at radius 2 is 1.86 bits per heavy atom. The van der Waals surface area contributed by atoms with Gasteiger partial charge in [0.2, 0.25) is 0 Å². The summed E-state index contributed by atoms with van der Waals surface area (Å²) in [5.41, 5.74) is 0.501. The number of benzene rings is 1. The van der Waals surface area contributed by atoms with Gasteiger partial charge in [0, 0.05) is 17.4 Å². The number of hydrogen-bond donors (Lipinski definition) is 0. The lowest BCUT2D eigenvalue weighted by molar-refractivity contribution is -0.384. The summed E-state index contributed by atoms with van der Waals surface area (Å²) in [6.45, 7) is 1.52. The van der Waals surface area contributed by atoms with Gasteiger partial charge in [0.15, 0.2) is 0 Å². The van der Waals surface area contributed by atoms with Crippen molar-refractivity contribution in [3.63, 3.8) is 0 Å². The molecule has 0 saturated heterocycles. The van der Waals surface area contributed by atoms with E-state index < -0.39 is 21.3 Å². The first-order chi connectivity index (χ1) is 6.52. The Morgan fingerprint density at radius 3 is 2.21 bits per heavy atom. The first-order valence-electron chi connectivity index (χ1n) is 3.85. The van der Waals surface area contributed by atoms with E-state index in [2.05, 4.69) is 0 Å². The third-order valence-corrected chi connectivity index (χ3v) is 2.71. The van der Waals surface area contributed by atoms with Gasteiger partial charge >= 0.3 is 0 Å². The molecule has 0 heterocycles. The van der Waals surface area contributed by atoms with Crippen molar-refractivity contribution in [3.8, 4) is 0 Å². The van der Waals surface area contributed by atoms with Crippen LogP contribution in [-0.2, 0) is 11.1 Å². The Hall–Kier alpha value is -1.27. The average Bonchev–Trinajstić information content (AvgIpc) is 2.16. The van der Waals surface area contributed by atoms with Crippen LogP contribution in [0.25, 0.3) is 0 Å². The van der Waals surface area contributed by atoms with E-state index >= 15 is 0 Å². The highest BCUT2D eigenvalue weighted by molar-refractivity contribution is 7.79. The minimum Gasteiger partial charge on any atom is -0.772 e. The lowest BCUT2D eigenvalue weighted by Gasteiger charge is -2.14. The van der Waals surface area contributed by atoms with Crippen LogP contribution < -0.4 is 0 Å². The van der Waals surface area contributed by atoms with E-state index in [4.69, 9.17) is 0 Å². The molecule has 0 aliphatic carbocycles. The third-order valence-electron chi connectivity index (χ3n) is 1.86. The highest BCUT2D eigenvalue weighted by Gasteiger charge is 2.08. The van der Waals surface area contributed by atoms with Crippen LogP contribution in [0.1, 0.15) is 17.7 Å². The van der Waals surface area contributed by atoms with Gasteiger partial charge in [-0.1, -0.05) is 12.1 Å². The van der Waals surface area contributed by atoms with Crippen molar-refractivity contribution in [2.75, 3.05) is 0 Å². The van der Waals surface area contributed by atoms with Crippen molar-refractivity contribution in [3.05, 3.63) is 39.9 Å². The predicted octanol–water partition coefficient (Wildman–Crippen LogP) is 1.53. The maximum absolute atomic E-state index is 10.6. The van der Waals surface area contributed by atoms with Gasteiger partial charge in [-0.25, -0.2) is 0 Å². The van der Waals surface area contributed by atoms with Gasteiger partial charge in [-0.3, -0.25) is 14.3 Å². The second-order valence-electron chi connectivity index (χ2n) is 2.75. The van der Waals surface area contributed by atoms with Crippen LogP contribution in [0, 0.1) is 10.1 Å². The molecule has 6 heteroatoms. The molecule has 0 aliphatic heterocycles. The molecule has 2 unspecified atom stereocenters. The quantitative estimate of drug-likeness (QED) is 0.434. The predicted molar refractivity (Wildman–Crippen MR) is 50.4 cm³/mol. The fourth-order valence-corrected chi connectivity index (χ4v) is 1.36. The summed E-state index contributed by atoms with van der Waals surface area (Å²) in [7, 11) is 0. The van der Waals surface area contributed by atoms with E-state index in [0.29, 0.717) is 5.56 Å². The van der Waals surface area contributed by atoms with Gasteiger partial charge < -0.3 is 4.55 Å². The molecule has 2 atom stereocenters. The molecule has 14 heavy (non-hydrogen) atoms. The summed E-state index contributed by atoms with van der Waals surface area (Å²) < 4.78 is 21.2. The van der Waals surface area contributed by atoms with Crippen LogP contribution in [0.5, 0.6) is 0 Å². The Labute approximate surface area is 83.2 Å². The van der Waals surface area contributed by atoms with Crippen LogP contribution in [-0.4, -0.2) is 13.7 Å². The Morgan fingerprint density at radius 1 is 1.36 bits per heavy atom. The summed E-state index contributed by atoms with van der Waals surface area (Å²) >= 11 is -2.20. The molecule has 0 aromatic heterocycles. The summed E-state index contributed by atoms with van der Waals surface area (Å²) in [5.74, 6) is 0. The average molecular weight is 214 g/mol. The lowest BCUT2D eigenvalue weighted by Crippen LogP contribution is -2.01. The molecule has 1 aromatic carbocycles. The number of hydrogen-bond acceptors (Lipinski definition) is 4. The first kappa shape index (κ1) is 10.8. The highest BCUT2D eigenvalue weighted by atomic mass is 32.2. The van der Waals surface area contributed by atoms with E-state index in [0.717, 1.165) is 0 Å². The van der Waals surface area contributed by atoms with Gasteiger partial charge in [0.25, 0.3) is 5.69 Å². The minimum absolute atomic E-state index is 0.0439. The molecule has 76 valence electrons. The summed E-state index contributed by atoms with van der Waals surface area (Å²) in [4.78, 5) is 9.77. The molecule has 0 radical (unpaired) electrons. The first-order valence-corrected chi connectivity index (χ1v) is 4.98. The highest BCUT2D eigenvalue weighted by Crippen LogP contribution is 2.20. The Bertz CT molecular complexity index is 362. The summed E-state index contributed by atoms with van der Waals surface area (Å²) in [5, 5.41) is 9.66. The van der Waals surface area contributed by atoms with Gasteiger partial charge in [0.1, 0.15) is 0 Å². The molecule has 0 fully saturated rings. The van der Waals surface area contributed by atoms with Crippen LogP contribution >= 0.6 is 0 Å². The zero-order chi connectivity index (χ0) is 10.7. The van der Waals surface area contributed by atoms with Crippen molar-refractivity contribution >= 4 is 16.8 Å². The second kappa shape index (κ2) is 4.30. The van der Waals surface area contributed by atoms with Crippen molar-refractivity contribution in [2.24, 2.45) is 0 Å². The standard InChI is InChI=1S/C8H9NO4S/c1-6(14(12)13)7-2-4-8(5-3-7)9(10)11/h2-6H,1H3,(H,12,13)/p-1. The third kappa shape index (κ3) is 2.36. The zero-order valence-electron chi connectivity index (χ0n) is 7.38. The van der Waals surface area contributed by atoms with Gasteiger partial charge in [-0.15, -0.1) is 0 Å². The van der Waals surface area contributed by atoms with E-state index in [1.165, 1.54) is 31.2 Å². The molecule has 0 aliphatic rings. The number of non-ortho nitro benzene ring substituents is 1. The van der Waals surface area contributed by atoms with Gasteiger partial charge in [-0.2, -0.15) is 0 Å². The molecule has 0 amide bonds. The van der Waals surface area contributed by atoms with Crippen LogP contribution in [0.2, 0.25) is 0 Å². The van der Waals surface area contributed by atoms with Crippen LogP contribution in [0.3, 0.4) is 0 Å². The van der Waals surface area contributed by atoms with E-state index in [9.17, 15) is 18.9 Å². The fraction of sp³-hybridized carbons (Fsp3) is 0.250. The molecule has 1 rings (SSSR count). The number of rotatable bonds is 3. The SMILES string of the molecule is CC(c1ccc([N+](=O)[O-])cc1)S(=O)[O-]. The molecule has 0 N–H and O–H groups in total. The van der Waals surface area contributed by atoms with Crippen molar-refractivity contribution in [1.82, 2.24) is 0 Å². The van der Waals surface area contributed by atoms with Crippen molar-refractivity contribution in [1.29, 1.82) is 0 Å². The van der Waals surface area contributed by atoms with Crippen molar-refractivity contribution < 1.29 is 13.7 Å². The Kier molecular flexibility index (Phi) is 3.32. The molecule has 0 saturated carbocycles. The van der Waals surface area contributed by atoms with Gasteiger partial charge in [0.05, 0.1) is 4.92 Å². The largest absolute Gasteiger partial charge is 0.772 e. The molecule has 5 nitrogen and oxygen atoms in total.